The monoisotopic (exact) mass is 334 g/mol. The summed E-state index contributed by atoms with van der Waals surface area (Å²) in [5.74, 6) is 0.520. The van der Waals surface area contributed by atoms with Crippen LogP contribution in [-0.4, -0.2) is 40.9 Å². The van der Waals surface area contributed by atoms with Crippen LogP contribution in [0.25, 0.3) is 10.9 Å². The number of aromatic carboxylic acids is 1. The zero-order valence-electron chi connectivity index (χ0n) is 12.9. The lowest BCUT2D eigenvalue weighted by Gasteiger charge is -2.20. The molecule has 0 aliphatic carbocycles. The summed E-state index contributed by atoms with van der Waals surface area (Å²) < 4.78 is 0. The molecule has 1 aromatic carbocycles. The van der Waals surface area contributed by atoms with Gasteiger partial charge in [-0.05, 0) is 42.5 Å². The van der Waals surface area contributed by atoms with E-state index in [-0.39, 0.29) is 23.1 Å². The average molecular weight is 335 g/mol. The number of carboxylic acids is 1. The van der Waals surface area contributed by atoms with E-state index in [1.54, 1.807) is 18.2 Å². The van der Waals surface area contributed by atoms with E-state index < -0.39 is 5.97 Å². The van der Waals surface area contributed by atoms with Crippen molar-refractivity contribution in [2.75, 3.05) is 24.6 Å². The molecule has 2 aromatic rings. The molecule has 5 nitrogen and oxygen atoms in total. The van der Waals surface area contributed by atoms with Gasteiger partial charge >= 0.3 is 5.97 Å². The first-order valence-corrected chi connectivity index (χ1v) is 8.07. The van der Waals surface area contributed by atoms with Crippen LogP contribution in [0.1, 0.15) is 23.7 Å². The quantitative estimate of drug-likeness (QED) is 0.899. The van der Waals surface area contributed by atoms with Crippen molar-refractivity contribution >= 4 is 34.3 Å². The topological polar surface area (TPSA) is 73.7 Å². The molecule has 1 aromatic heterocycles. The van der Waals surface area contributed by atoms with Crippen LogP contribution < -0.4 is 4.90 Å². The fourth-order valence-electron chi connectivity index (χ4n) is 3.17. The molecule has 1 saturated heterocycles. The van der Waals surface area contributed by atoms with Gasteiger partial charge in [-0.2, -0.15) is 0 Å². The highest BCUT2D eigenvalue weighted by atomic mass is 35.5. The molecule has 0 radical (unpaired) electrons. The molecular weight excluding hydrogens is 316 g/mol. The van der Waals surface area contributed by atoms with Gasteiger partial charge in [0.25, 0.3) is 0 Å². The molecule has 1 fully saturated rings. The van der Waals surface area contributed by atoms with Crippen molar-refractivity contribution in [2.45, 2.75) is 13.3 Å². The summed E-state index contributed by atoms with van der Waals surface area (Å²) in [6.07, 6.45) is 1.03. The van der Waals surface area contributed by atoms with Gasteiger partial charge in [-0.15, -0.1) is 0 Å². The van der Waals surface area contributed by atoms with Crippen molar-refractivity contribution in [1.82, 2.24) is 4.98 Å². The van der Waals surface area contributed by atoms with Gasteiger partial charge < -0.3 is 15.1 Å². The van der Waals surface area contributed by atoms with Crippen molar-refractivity contribution in [3.63, 3.8) is 0 Å². The lowest BCUT2D eigenvalue weighted by molar-refractivity contribution is 0.0699. The number of carboxylic acid groups (broad SMARTS) is 1. The summed E-state index contributed by atoms with van der Waals surface area (Å²) in [7, 11) is 0. The molecule has 0 amide bonds. The number of aromatic nitrogens is 1. The number of hydrogen-bond acceptors (Lipinski definition) is 4. The van der Waals surface area contributed by atoms with Crippen LogP contribution in [-0.2, 0) is 0 Å². The molecule has 122 valence electrons. The summed E-state index contributed by atoms with van der Waals surface area (Å²) in [6.45, 7) is 4.01. The van der Waals surface area contributed by atoms with Crippen LogP contribution in [0.15, 0.2) is 24.3 Å². The number of nitrogens with zero attached hydrogens (tertiary/aromatic N) is 2. The zero-order valence-corrected chi connectivity index (χ0v) is 13.6. The summed E-state index contributed by atoms with van der Waals surface area (Å²) in [4.78, 5) is 18.2. The number of rotatable bonds is 4. The minimum atomic E-state index is -1.05. The van der Waals surface area contributed by atoms with Gasteiger partial charge in [0.2, 0.25) is 0 Å². The second-order valence-electron chi connectivity index (χ2n) is 6.12. The highest BCUT2D eigenvalue weighted by molar-refractivity contribution is 6.35. The highest BCUT2D eigenvalue weighted by Gasteiger charge is 2.27. The molecule has 2 heterocycles. The third kappa shape index (κ3) is 2.99. The van der Waals surface area contributed by atoms with Gasteiger partial charge in [0.05, 0.1) is 16.1 Å². The molecule has 3 rings (SSSR count). The second kappa shape index (κ2) is 6.34. The predicted octanol–water partition coefficient (Wildman–Crippen LogP) is 3.04. The maximum Gasteiger partial charge on any atom is 0.337 e. The smallest absolute Gasteiger partial charge is 0.337 e. The van der Waals surface area contributed by atoms with Crippen molar-refractivity contribution < 1.29 is 15.0 Å². The summed E-state index contributed by atoms with van der Waals surface area (Å²) >= 11 is 5.99. The Morgan fingerprint density at radius 3 is 2.91 bits per heavy atom. The fraction of sp³-hybridized carbons (Fsp3) is 0.412. The second-order valence-corrected chi connectivity index (χ2v) is 6.53. The van der Waals surface area contributed by atoms with E-state index in [2.05, 4.69) is 16.8 Å². The minimum absolute atomic E-state index is 0.0939. The van der Waals surface area contributed by atoms with Gasteiger partial charge in [0, 0.05) is 25.1 Å². The third-order valence-electron chi connectivity index (χ3n) is 4.66. The van der Waals surface area contributed by atoms with Gasteiger partial charge in [-0.3, -0.25) is 0 Å². The third-order valence-corrected chi connectivity index (χ3v) is 4.98. The molecule has 0 bridgehead atoms. The Bertz CT molecular complexity index is 750. The predicted molar refractivity (Wildman–Crippen MR) is 90.3 cm³/mol. The van der Waals surface area contributed by atoms with E-state index >= 15 is 0 Å². The number of aliphatic hydroxyl groups is 1. The number of benzene rings is 1. The number of anilines is 1. The fourth-order valence-corrected chi connectivity index (χ4v) is 3.41. The Morgan fingerprint density at radius 2 is 2.22 bits per heavy atom. The first kappa shape index (κ1) is 16.0. The first-order chi connectivity index (χ1) is 11.0. The Kier molecular flexibility index (Phi) is 4.41. The van der Waals surface area contributed by atoms with E-state index in [0.717, 1.165) is 25.3 Å². The van der Waals surface area contributed by atoms with E-state index in [9.17, 15) is 15.0 Å². The normalized spacial score (nSPS) is 19.3. The molecule has 2 N–H and O–H groups in total. The van der Waals surface area contributed by atoms with E-state index in [4.69, 9.17) is 11.6 Å². The Morgan fingerprint density at radius 1 is 1.43 bits per heavy atom. The summed E-state index contributed by atoms with van der Waals surface area (Å²) in [5.41, 5.74) is 0.722. The van der Waals surface area contributed by atoms with Crippen LogP contribution in [0.5, 0.6) is 0 Å². The van der Waals surface area contributed by atoms with Crippen LogP contribution in [0.2, 0.25) is 5.02 Å². The van der Waals surface area contributed by atoms with Gasteiger partial charge in [-0.1, -0.05) is 18.5 Å². The maximum atomic E-state index is 11.4. The highest BCUT2D eigenvalue weighted by Crippen LogP contribution is 2.30. The number of hydrogen-bond donors (Lipinski definition) is 2. The molecule has 0 spiro atoms. The number of fused-ring (bicyclic) bond motifs is 1. The van der Waals surface area contributed by atoms with E-state index in [1.165, 1.54) is 0 Å². The van der Waals surface area contributed by atoms with Crippen LogP contribution in [0, 0.1) is 11.8 Å². The molecule has 1 unspecified atom stereocenters. The Labute approximate surface area is 139 Å². The summed E-state index contributed by atoms with van der Waals surface area (Å²) in [6, 6.07) is 6.94. The molecule has 2 atom stereocenters. The number of carbonyl (C=O) groups is 1. The number of aliphatic hydroxyl groups excluding tert-OH is 1. The van der Waals surface area contributed by atoms with Gasteiger partial charge in [0.15, 0.2) is 0 Å². The van der Waals surface area contributed by atoms with Gasteiger partial charge in [0.1, 0.15) is 5.82 Å². The molecule has 23 heavy (non-hydrogen) atoms. The SMILES string of the molecule is CC(CO)[C@@H]1CCN(c2ccc3c(C(=O)O)c(Cl)ccc3n2)C1. The van der Waals surface area contributed by atoms with E-state index in [0.29, 0.717) is 16.8 Å². The van der Waals surface area contributed by atoms with Crippen molar-refractivity contribution in [3.8, 4) is 0 Å². The Hall–Kier alpha value is -1.85. The number of halogens is 1. The molecular formula is C17H19ClN2O3. The van der Waals surface area contributed by atoms with Gasteiger partial charge in [-0.25, -0.2) is 9.78 Å². The minimum Gasteiger partial charge on any atom is -0.478 e. The van der Waals surface area contributed by atoms with Crippen LogP contribution in [0.3, 0.4) is 0 Å². The summed E-state index contributed by atoms with van der Waals surface area (Å²) in [5, 5.41) is 19.4. The van der Waals surface area contributed by atoms with Crippen molar-refractivity contribution in [3.05, 3.63) is 34.9 Å². The largest absolute Gasteiger partial charge is 0.478 e. The zero-order chi connectivity index (χ0) is 16.6. The lowest BCUT2D eigenvalue weighted by atomic mass is 9.94. The molecule has 6 heteroatoms. The standard InChI is InChI=1S/C17H19ClN2O3/c1-10(9-21)11-6-7-20(8-11)15-5-2-12-14(19-15)4-3-13(18)16(12)17(22)23/h2-5,10-11,21H,6-9H2,1H3,(H,22,23)/t10?,11-/m1/s1. The van der Waals surface area contributed by atoms with E-state index in [1.807, 2.05) is 6.07 Å². The molecule has 1 aliphatic rings. The van der Waals surface area contributed by atoms with Crippen LogP contribution >= 0.6 is 11.6 Å². The molecule has 1 aliphatic heterocycles. The first-order valence-electron chi connectivity index (χ1n) is 7.69. The Balaban J connectivity index is 1.93. The molecule has 0 saturated carbocycles. The van der Waals surface area contributed by atoms with Crippen molar-refractivity contribution in [1.29, 1.82) is 0 Å². The average Bonchev–Trinajstić information content (AvgIpc) is 3.03. The maximum absolute atomic E-state index is 11.4. The number of pyridine rings is 1. The van der Waals surface area contributed by atoms with Crippen molar-refractivity contribution in [2.24, 2.45) is 11.8 Å². The van der Waals surface area contributed by atoms with Crippen LogP contribution in [0.4, 0.5) is 5.82 Å². The lowest BCUT2D eigenvalue weighted by Crippen LogP contribution is -2.23.